The van der Waals surface area contributed by atoms with Gasteiger partial charge in [0.1, 0.15) is 11.3 Å². The van der Waals surface area contributed by atoms with Crippen LogP contribution in [0, 0.1) is 0 Å². The molecule has 1 aliphatic heterocycles. The fourth-order valence-electron chi connectivity index (χ4n) is 2.29. The fourth-order valence-corrected chi connectivity index (χ4v) is 2.29. The summed E-state index contributed by atoms with van der Waals surface area (Å²) in [6, 6.07) is 3.31. The summed E-state index contributed by atoms with van der Waals surface area (Å²) < 4.78 is 10.1. The molecule has 2 rings (SSSR count). The highest BCUT2D eigenvalue weighted by atomic mass is 16.6. The number of nitrogens with zero attached hydrogens (tertiary/aromatic N) is 1. The molecule has 1 aromatic rings. The van der Waals surface area contributed by atoms with Crippen LogP contribution in [0.1, 0.15) is 28.4 Å². The summed E-state index contributed by atoms with van der Waals surface area (Å²) in [6.45, 7) is 3.03. The Balaban J connectivity index is 2.28. The Morgan fingerprint density at radius 3 is 2.70 bits per heavy atom. The Bertz CT molecular complexity index is 541. The van der Waals surface area contributed by atoms with Crippen LogP contribution in [0.3, 0.4) is 0 Å². The number of carbonyl (C=O) groups is 2. The molecule has 0 radical (unpaired) electrons. The number of fused-ring (bicyclic) bond motifs is 1. The maximum atomic E-state index is 11.7. The van der Waals surface area contributed by atoms with Gasteiger partial charge in [-0.05, 0) is 36.6 Å². The average Bonchev–Trinajstić information content (AvgIpc) is 2.45. The van der Waals surface area contributed by atoms with Crippen molar-refractivity contribution in [2.45, 2.75) is 19.9 Å². The minimum absolute atomic E-state index is 0.149. The lowest BCUT2D eigenvalue weighted by Crippen LogP contribution is -2.36. The fraction of sp³-hybridized carbons (Fsp3) is 0.429. The molecule has 0 unspecified atom stereocenters. The molecule has 1 heterocycles. The summed E-state index contributed by atoms with van der Waals surface area (Å²) in [7, 11) is 1.43. The van der Waals surface area contributed by atoms with E-state index >= 15 is 0 Å². The number of hydrogen-bond donors (Lipinski definition) is 1. The van der Waals surface area contributed by atoms with E-state index in [2.05, 4.69) is 0 Å². The first-order valence-corrected chi connectivity index (χ1v) is 6.41. The van der Waals surface area contributed by atoms with E-state index in [0.717, 1.165) is 11.1 Å². The summed E-state index contributed by atoms with van der Waals surface area (Å²) in [5.41, 5.74) is 1.98. The minimum atomic E-state index is -1.02. The van der Waals surface area contributed by atoms with Gasteiger partial charge < -0.3 is 19.5 Å². The maximum absolute atomic E-state index is 11.7. The molecule has 0 saturated heterocycles. The van der Waals surface area contributed by atoms with Crippen molar-refractivity contribution in [3.8, 4) is 5.75 Å². The number of carboxylic acids is 1. The van der Waals surface area contributed by atoms with E-state index in [1.807, 2.05) is 0 Å². The molecule has 0 aliphatic carbocycles. The smallest absolute Gasteiger partial charge is 0.410 e. The maximum Gasteiger partial charge on any atom is 0.410 e. The van der Waals surface area contributed by atoms with Crippen molar-refractivity contribution in [2.75, 3.05) is 20.3 Å². The van der Waals surface area contributed by atoms with Crippen molar-refractivity contribution in [3.63, 3.8) is 0 Å². The van der Waals surface area contributed by atoms with Gasteiger partial charge in [0.15, 0.2) is 0 Å². The van der Waals surface area contributed by atoms with Crippen LogP contribution < -0.4 is 4.74 Å². The summed E-state index contributed by atoms with van der Waals surface area (Å²) >= 11 is 0. The van der Waals surface area contributed by atoms with Crippen molar-refractivity contribution in [3.05, 3.63) is 28.8 Å². The van der Waals surface area contributed by atoms with Gasteiger partial charge >= 0.3 is 12.1 Å². The number of methoxy groups -OCH3 is 1. The van der Waals surface area contributed by atoms with Crippen molar-refractivity contribution in [1.29, 1.82) is 0 Å². The Labute approximate surface area is 116 Å². The second kappa shape index (κ2) is 5.81. The molecule has 0 fully saturated rings. The van der Waals surface area contributed by atoms with Crippen LogP contribution >= 0.6 is 0 Å². The summed E-state index contributed by atoms with van der Waals surface area (Å²) in [4.78, 5) is 24.5. The number of carbonyl (C=O) groups excluding carboxylic acids is 1. The lowest BCUT2D eigenvalue weighted by atomic mass is 9.96. The number of hydrogen-bond acceptors (Lipinski definition) is 4. The van der Waals surface area contributed by atoms with Gasteiger partial charge in [-0.3, -0.25) is 0 Å². The quantitative estimate of drug-likeness (QED) is 0.914. The van der Waals surface area contributed by atoms with E-state index in [1.165, 1.54) is 7.11 Å². The van der Waals surface area contributed by atoms with Gasteiger partial charge in [0, 0.05) is 13.1 Å². The van der Waals surface area contributed by atoms with Crippen LogP contribution in [0.2, 0.25) is 0 Å². The number of ether oxygens (including phenoxy) is 2. The van der Waals surface area contributed by atoms with Gasteiger partial charge in [-0.15, -0.1) is 0 Å². The average molecular weight is 279 g/mol. The third kappa shape index (κ3) is 2.68. The van der Waals surface area contributed by atoms with Gasteiger partial charge in [0.25, 0.3) is 0 Å². The van der Waals surface area contributed by atoms with Gasteiger partial charge in [-0.1, -0.05) is 0 Å². The van der Waals surface area contributed by atoms with E-state index in [1.54, 1.807) is 24.0 Å². The molecular weight excluding hydrogens is 262 g/mol. The zero-order valence-electron chi connectivity index (χ0n) is 11.5. The third-order valence-corrected chi connectivity index (χ3v) is 3.29. The highest BCUT2D eigenvalue weighted by Crippen LogP contribution is 2.28. The molecule has 0 saturated carbocycles. The second-order valence-corrected chi connectivity index (χ2v) is 4.50. The molecule has 0 spiro atoms. The summed E-state index contributed by atoms with van der Waals surface area (Å²) in [5, 5.41) is 9.14. The van der Waals surface area contributed by atoms with Gasteiger partial charge in [0.2, 0.25) is 0 Å². The normalized spacial score (nSPS) is 13.6. The van der Waals surface area contributed by atoms with E-state index < -0.39 is 5.97 Å². The van der Waals surface area contributed by atoms with E-state index in [9.17, 15) is 9.59 Å². The predicted octanol–water partition coefficient (Wildman–Crippen LogP) is 1.91. The van der Waals surface area contributed by atoms with Crippen LogP contribution in [0.5, 0.6) is 5.75 Å². The van der Waals surface area contributed by atoms with Crippen LogP contribution in [0.4, 0.5) is 4.79 Å². The van der Waals surface area contributed by atoms with Gasteiger partial charge in [-0.2, -0.15) is 0 Å². The summed E-state index contributed by atoms with van der Waals surface area (Å²) in [5.74, 6) is -0.709. The van der Waals surface area contributed by atoms with Crippen LogP contribution in [-0.4, -0.2) is 42.3 Å². The molecule has 108 valence electrons. The van der Waals surface area contributed by atoms with Gasteiger partial charge in [0.05, 0.1) is 13.7 Å². The SMILES string of the molecule is CCOC(=O)N1CCc2cc(C(=O)O)c(OC)cc2C1. The van der Waals surface area contributed by atoms with Gasteiger partial charge in [-0.25, -0.2) is 9.59 Å². The Morgan fingerprint density at radius 1 is 1.35 bits per heavy atom. The van der Waals surface area contributed by atoms with Crippen LogP contribution in [0.25, 0.3) is 0 Å². The number of amides is 1. The molecule has 20 heavy (non-hydrogen) atoms. The highest BCUT2D eigenvalue weighted by Gasteiger charge is 2.24. The van der Waals surface area contributed by atoms with E-state index in [0.29, 0.717) is 31.9 Å². The molecule has 0 atom stereocenters. The lowest BCUT2D eigenvalue weighted by Gasteiger charge is -2.28. The zero-order chi connectivity index (χ0) is 14.7. The Kier molecular flexibility index (Phi) is 4.12. The third-order valence-electron chi connectivity index (χ3n) is 3.29. The largest absolute Gasteiger partial charge is 0.496 e. The van der Waals surface area contributed by atoms with Crippen molar-refractivity contribution in [1.82, 2.24) is 4.90 Å². The second-order valence-electron chi connectivity index (χ2n) is 4.50. The predicted molar refractivity (Wildman–Crippen MR) is 71.1 cm³/mol. The molecule has 0 bridgehead atoms. The molecule has 1 N–H and O–H groups in total. The molecule has 0 aromatic heterocycles. The number of carboxylic acid groups (broad SMARTS) is 1. The Hall–Kier alpha value is -2.24. The van der Waals surface area contributed by atoms with Crippen molar-refractivity contribution in [2.24, 2.45) is 0 Å². The molecular formula is C14H17NO5. The summed E-state index contributed by atoms with van der Waals surface area (Å²) in [6.07, 6.45) is 0.262. The van der Waals surface area contributed by atoms with E-state index in [4.69, 9.17) is 14.6 Å². The first-order chi connectivity index (χ1) is 9.56. The number of rotatable bonds is 3. The lowest BCUT2D eigenvalue weighted by molar-refractivity contribution is 0.0692. The monoisotopic (exact) mass is 279 g/mol. The molecule has 1 aromatic carbocycles. The number of benzene rings is 1. The van der Waals surface area contributed by atoms with E-state index in [-0.39, 0.29) is 11.7 Å². The Morgan fingerprint density at radius 2 is 2.10 bits per heavy atom. The van der Waals surface area contributed by atoms with Crippen molar-refractivity contribution < 1.29 is 24.2 Å². The zero-order valence-corrected chi connectivity index (χ0v) is 11.5. The van der Waals surface area contributed by atoms with Crippen LogP contribution in [-0.2, 0) is 17.7 Å². The van der Waals surface area contributed by atoms with Crippen molar-refractivity contribution >= 4 is 12.1 Å². The molecule has 6 nitrogen and oxygen atoms in total. The highest BCUT2D eigenvalue weighted by molar-refractivity contribution is 5.91. The first kappa shape index (κ1) is 14.2. The number of aromatic carboxylic acids is 1. The first-order valence-electron chi connectivity index (χ1n) is 6.41. The standard InChI is InChI=1S/C14H17NO5/c1-3-20-14(18)15-5-4-9-6-11(13(16)17)12(19-2)7-10(9)8-15/h6-7H,3-5,8H2,1-2H3,(H,16,17). The van der Waals surface area contributed by atoms with Crippen LogP contribution in [0.15, 0.2) is 12.1 Å². The molecule has 1 amide bonds. The topological polar surface area (TPSA) is 76.1 Å². The molecule has 1 aliphatic rings. The molecule has 6 heteroatoms. The minimum Gasteiger partial charge on any atom is -0.496 e.